The van der Waals surface area contributed by atoms with Crippen LogP contribution in [0.15, 0.2) is 58.5 Å². The van der Waals surface area contributed by atoms with Crippen LogP contribution in [0.2, 0.25) is 0 Å². The molecule has 12 heteroatoms. The zero-order valence-electron chi connectivity index (χ0n) is 24.4. The van der Waals surface area contributed by atoms with Crippen LogP contribution in [-0.4, -0.2) is 125 Å². The Morgan fingerprint density at radius 2 is 0.929 bits per heavy atom. The number of para-hydroxylation sites is 4. The first-order valence-corrected chi connectivity index (χ1v) is 16.0. The van der Waals surface area contributed by atoms with Crippen molar-refractivity contribution in [3.63, 3.8) is 0 Å². The third-order valence-corrected chi connectivity index (χ3v) is 8.55. The molecule has 0 amide bonds. The van der Waals surface area contributed by atoms with Crippen molar-refractivity contribution in [3.8, 4) is 0 Å². The van der Waals surface area contributed by atoms with Gasteiger partial charge in [-0.05, 0) is 24.3 Å². The van der Waals surface area contributed by atoms with Gasteiger partial charge in [0.25, 0.3) is 0 Å². The first-order chi connectivity index (χ1) is 20.7. The Bertz CT molecular complexity index is 1080. The molecule has 2 aromatic rings. The Kier molecular flexibility index (Phi) is 11.4. The first kappa shape index (κ1) is 30.3. The molecule has 0 radical (unpaired) electrons. The van der Waals surface area contributed by atoms with E-state index < -0.39 is 0 Å². The van der Waals surface area contributed by atoms with E-state index in [-0.39, 0.29) is 0 Å². The van der Waals surface area contributed by atoms with Crippen molar-refractivity contribution in [2.75, 3.05) is 113 Å². The van der Waals surface area contributed by atoms with Gasteiger partial charge in [0.15, 0.2) is 11.9 Å². The fraction of sp³-hybridized carbons (Fsp3) is 0.533. The van der Waals surface area contributed by atoms with Crippen LogP contribution in [-0.2, 0) is 14.2 Å². The van der Waals surface area contributed by atoms with Gasteiger partial charge in [-0.1, -0.05) is 24.3 Å². The van der Waals surface area contributed by atoms with Crippen molar-refractivity contribution in [1.29, 1.82) is 0 Å². The average Bonchev–Trinajstić information content (AvgIpc) is 3.07. The SMILES string of the molecule is NC(=Nc1ccccc1N1CCOCC1)N1CCOCC1.NC(=Nc1ccccc1N1CCOCC1)N1CCSCC1. The summed E-state index contributed by atoms with van der Waals surface area (Å²) in [6.45, 7) is 11.7. The highest BCUT2D eigenvalue weighted by molar-refractivity contribution is 7.99. The number of morpholine rings is 3. The average molecular weight is 597 g/mol. The molecule has 2 aromatic carbocycles. The second-order valence-corrected chi connectivity index (χ2v) is 11.5. The molecule has 0 saturated carbocycles. The lowest BCUT2D eigenvalue weighted by atomic mass is 10.2. The van der Waals surface area contributed by atoms with Crippen LogP contribution in [0.4, 0.5) is 22.7 Å². The topological polar surface area (TPSA) is 117 Å². The maximum atomic E-state index is 6.20. The maximum absolute atomic E-state index is 6.20. The van der Waals surface area contributed by atoms with Gasteiger partial charge >= 0.3 is 0 Å². The van der Waals surface area contributed by atoms with E-state index in [2.05, 4.69) is 47.8 Å². The molecule has 0 atom stereocenters. The van der Waals surface area contributed by atoms with Crippen LogP contribution in [0.25, 0.3) is 0 Å². The molecule has 4 saturated heterocycles. The molecule has 4 N–H and O–H groups in total. The number of nitrogens with zero attached hydrogens (tertiary/aromatic N) is 6. The highest BCUT2D eigenvalue weighted by atomic mass is 32.2. The number of aliphatic imine (C=N–C) groups is 2. The number of hydrogen-bond donors (Lipinski definition) is 2. The molecule has 0 spiro atoms. The van der Waals surface area contributed by atoms with Crippen LogP contribution >= 0.6 is 11.8 Å². The summed E-state index contributed by atoms with van der Waals surface area (Å²) in [5, 5.41) is 0. The van der Waals surface area contributed by atoms with E-state index in [9.17, 15) is 0 Å². The number of rotatable bonds is 4. The van der Waals surface area contributed by atoms with Crippen LogP contribution in [0.3, 0.4) is 0 Å². The van der Waals surface area contributed by atoms with Crippen LogP contribution in [0, 0.1) is 0 Å². The number of nitrogens with two attached hydrogens (primary N) is 2. The van der Waals surface area contributed by atoms with Gasteiger partial charge in [-0.3, -0.25) is 0 Å². The third-order valence-electron chi connectivity index (χ3n) is 7.61. The van der Waals surface area contributed by atoms with Crippen molar-refractivity contribution in [2.24, 2.45) is 21.5 Å². The second kappa shape index (κ2) is 15.9. The summed E-state index contributed by atoms with van der Waals surface area (Å²) in [4.78, 5) is 18.2. The van der Waals surface area contributed by atoms with Crippen LogP contribution in [0.5, 0.6) is 0 Å². The smallest absolute Gasteiger partial charge is 0.196 e. The van der Waals surface area contributed by atoms with Crippen molar-refractivity contribution in [3.05, 3.63) is 48.5 Å². The van der Waals surface area contributed by atoms with Gasteiger partial charge in [0.05, 0.1) is 62.4 Å². The molecular weight excluding hydrogens is 552 g/mol. The summed E-state index contributed by atoms with van der Waals surface area (Å²) < 4.78 is 16.2. The molecule has 0 unspecified atom stereocenters. The van der Waals surface area contributed by atoms with Crippen LogP contribution < -0.4 is 21.3 Å². The number of ether oxygens (including phenoxy) is 3. The molecule has 0 bridgehead atoms. The van der Waals surface area contributed by atoms with Crippen molar-refractivity contribution >= 4 is 46.4 Å². The molecule has 4 aliphatic heterocycles. The van der Waals surface area contributed by atoms with Gasteiger partial charge in [0.1, 0.15) is 0 Å². The molecule has 4 heterocycles. The van der Waals surface area contributed by atoms with Gasteiger partial charge in [-0.2, -0.15) is 11.8 Å². The zero-order chi connectivity index (χ0) is 29.0. The Hall–Kier alpha value is -3.19. The highest BCUT2D eigenvalue weighted by Crippen LogP contribution is 2.30. The minimum Gasteiger partial charge on any atom is -0.378 e. The summed E-state index contributed by atoms with van der Waals surface area (Å²) in [6.07, 6.45) is 0. The summed E-state index contributed by atoms with van der Waals surface area (Å²) in [7, 11) is 0. The van der Waals surface area contributed by atoms with E-state index in [0.29, 0.717) is 25.1 Å². The van der Waals surface area contributed by atoms with E-state index in [0.717, 1.165) is 113 Å². The van der Waals surface area contributed by atoms with E-state index in [4.69, 9.17) is 25.7 Å². The van der Waals surface area contributed by atoms with E-state index in [1.165, 1.54) is 0 Å². The van der Waals surface area contributed by atoms with Crippen molar-refractivity contribution in [2.45, 2.75) is 0 Å². The monoisotopic (exact) mass is 596 g/mol. The fourth-order valence-electron chi connectivity index (χ4n) is 5.23. The lowest BCUT2D eigenvalue weighted by molar-refractivity contribution is 0.0675. The normalized spacial score (nSPS) is 20.7. The number of benzene rings is 2. The molecule has 6 rings (SSSR count). The minimum atomic E-state index is 0.569. The second-order valence-electron chi connectivity index (χ2n) is 10.3. The molecule has 42 heavy (non-hydrogen) atoms. The highest BCUT2D eigenvalue weighted by Gasteiger charge is 2.18. The maximum Gasteiger partial charge on any atom is 0.196 e. The number of anilines is 2. The van der Waals surface area contributed by atoms with Gasteiger partial charge in [0.2, 0.25) is 0 Å². The van der Waals surface area contributed by atoms with E-state index in [1.807, 2.05) is 42.1 Å². The van der Waals surface area contributed by atoms with Crippen molar-refractivity contribution in [1.82, 2.24) is 9.80 Å². The number of guanidine groups is 2. The largest absolute Gasteiger partial charge is 0.378 e. The predicted octanol–water partition coefficient (Wildman–Crippen LogP) is 2.32. The molecule has 228 valence electrons. The number of hydrogen-bond acceptors (Lipinski definition) is 8. The standard InChI is InChI=1S/C15H22N4O2.C15H22N4OS/c2*16-15(19-7-11-21-12-8-19)17-13-3-1-2-4-14(13)18-5-9-20-10-6-18/h2*1-4H,5-12H2,(H2,16,17). The number of thioether (sulfide) groups is 1. The summed E-state index contributed by atoms with van der Waals surface area (Å²) >= 11 is 1.97. The van der Waals surface area contributed by atoms with Crippen LogP contribution in [0.1, 0.15) is 0 Å². The van der Waals surface area contributed by atoms with Gasteiger partial charge in [0, 0.05) is 63.9 Å². The van der Waals surface area contributed by atoms with E-state index in [1.54, 1.807) is 0 Å². The Labute approximate surface area is 253 Å². The quantitative estimate of drug-likeness (QED) is 0.402. The summed E-state index contributed by atoms with van der Waals surface area (Å²) in [5.41, 5.74) is 16.5. The molecular formula is C30H44N8O3S. The molecule has 4 fully saturated rings. The third kappa shape index (κ3) is 8.43. The van der Waals surface area contributed by atoms with E-state index >= 15 is 0 Å². The fourth-order valence-corrected chi connectivity index (χ4v) is 6.14. The Morgan fingerprint density at radius 3 is 1.38 bits per heavy atom. The first-order valence-electron chi connectivity index (χ1n) is 14.9. The van der Waals surface area contributed by atoms with Gasteiger partial charge in [-0.15, -0.1) is 0 Å². The minimum absolute atomic E-state index is 0.569. The summed E-state index contributed by atoms with van der Waals surface area (Å²) in [5.74, 6) is 3.46. The molecule has 0 aromatic heterocycles. The molecule has 0 aliphatic carbocycles. The van der Waals surface area contributed by atoms with Gasteiger partial charge < -0.3 is 45.3 Å². The lowest BCUT2D eigenvalue weighted by Crippen LogP contribution is -2.44. The molecule has 11 nitrogen and oxygen atoms in total. The lowest BCUT2D eigenvalue weighted by Gasteiger charge is -2.30. The Morgan fingerprint density at radius 1 is 0.548 bits per heavy atom. The van der Waals surface area contributed by atoms with Gasteiger partial charge in [-0.25, -0.2) is 9.98 Å². The van der Waals surface area contributed by atoms with Crippen molar-refractivity contribution < 1.29 is 14.2 Å². The predicted molar refractivity (Wildman–Crippen MR) is 173 cm³/mol. The summed E-state index contributed by atoms with van der Waals surface area (Å²) in [6, 6.07) is 16.4. The Balaban J connectivity index is 0.000000168. The molecule has 4 aliphatic rings. The zero-order valence-corrected chi connectivity index (χ0v) is 25.2.